The summed E-state index contributed by atoms with van der Waals surface area (Å²) in [5.41, 5.74) is 8.66. The first-order valence-electron chi connectivity index (χ1n) is 14.6. The van der Waals surface area contributed by atoms with Crippen LogP contribution in [0, 0.1) is 0 Å². The van der Waals surface area contributed by atoms with Gasteiger partial charge in [-0.3, -0.25) is 0 Å². The molecule has 0 aromatic heterocycles. The fraction of sp³-hybridized carbons (Fsp3) is 0.514. The maximum Gasteiger partial charge on any atom is 0.0451 e. The van der Waals surface area contributed by atoms with E-state index in [0.29, 0.717) is 0 Å². The third-order valence-corrected chi connectivity index (χ3v) is 8.93. The van der Waals surface area contributed by atoms with E-state index in [-0.39, 0.29) is 21.7 Å². The summed E-state index contributed by atoms with van der Waals surface area (Å²) in [4.78, 5) is 0. The van der Waals surface area contributed by atoms with Gasteiger partial charge in [-0.1, -0.05) is 177 Å². The summed E-state index contributed by atoms with van der Waals surface area (Å²) in [7, 11) is 0. The number of benzene rings is 3. The molecule has 38 heavy (non-hydrogen) atoms. The molecule has 0 saturated carbocycles. The summed E-state index contributed by atoms with van der Waals surface area (Å²) < 4.78 is 1.25. The van der Waals surface area contributed by atoms with Crippen LogP contribution in [0.5, 0.6) is 0 Å². The largest absolute Gasteiger partial charge is 0.0864 e. The number of rotatable bonds is 9. The van der Waals surface area contributed by atoms with Crippen LogP contribution >= 0.6 is 22.6 Å². The summed E-state index contributed by atoms with van der Waals surface area (Å²) >= 11 is 2.51. The first-order chi connectivity index (χ1) is 17.7. The van der Waals surface area contributed by atoms with Crippen molar-refractivity contribution in [1.29, 1.82) is 0 Å². The van der Waals surface area contributed by atoms with Crippen LogP contribution in [0.3, 0.4) is 0 Å². The van der Waals surface area contributed by atoms with Gasteiger partial charge in [0, 0.05) is 5.41 Å². The van der Waals surface area contributed by atoms with E-state index in [4.69, 9.17) is 0 Å². The third-order valence-electron chi connectivity index (χ3n) is 8.17. The van der Waals surface area contributed by atoms with E-state index in [1.807, 2.05) is 0 Å². The predicted molar refractivity (Wildman–Crippen MR) is 177 cm³/mol. The molecule has 0 bridgehead atoms. The fourth-order valence-corrected chi connectivity index (χ4v) is 6.07. The van der Waals surface area contributed by atoms with Gasteiger partial charge in [0.25, 0.3) is 0 Å². The normalized spacial score (nSPS) is 13.1. The molecule has 0 radical (unpaired) electrons. The SMILES string of the molecule is CC(C)(C)c1ccc(C(CCCCCCI)(c2ccc(C(C)(C)C)cc2)c2ccc(C(C)(C)C)cc2)cc1. The quantitative estimate of drug-likeness (QED) is 0.0964. The van der Waals surface area contributed by atoms with E-state index in [1.165, 1.54) is 63.5 Å². The molecule has 0 fully saturated rings. The number of hydrogen-bond acceptors (Lipinski definition) is 0. The summed E-state index contributed by atoms with van der Waals surface area (Å²) in [5, 5.41) is 0. The molecule has 0 spiro atoms. The second-order valence-corrected chi connectivity index (χ2v) is 15.3. The van der Waals surface area contributed by atoms with Crippen LogP contribution < -0.4 is 0 Å². The number of halogens is 1. The van der Waals surface area contributed by atoms with Crippen LogP contribution in [-0.2, 0) is 21.7 Å². The van der Waals surface area contributed by atoms with Crippen LogP contribution in [0.1, 0.15) is 128 Å². The monoisotopic (exact) mass is 622 g/mol. The van der Waals surface area contributed by atoms with Gasteiger partial charge in [0.15, 0.2) is 0 Å². The average molecular weight is 623 g/mol. The van der Waals surface area contributed by atoms with Crippen molar-refractivity contribution in [2.75, 3.05) is 4.43 Å². The lowest BCUT2D eigenvalue weighted by Crippen LogP contribution is -2.30. The molecule has 0 saturated heterocycles. The zero-order chi connectivity index (χ0) is 28.2. The number of hydrogen-bond donors (Lipinski definition) is 0. The van der Waals surface area contributed by atoms with Gasteiger partial charge in [-0.05, 0) is 66.9 Å². The third kappa shape index (κ3) is 7.32. The Morgan fingerprint density at radius 2 is 0.658 bits per heavy atom. The summed E-state index contributed by atoms with van der Waals surface area (Å²) in [5.74, 6) is 0. The molecule has 0 atom stereocenters. The summed E-state index contributed by atoms with van der Waals surface area (Å²) in [6, 6.07) is 28.7. The van der Waals surface area contributed by atoms with Gasteiger partial charge in [-0.15, -0.1) is 0 Å². The van der Waals surface area contributed by atoms with Gasteiger partial charge in [-0.25, -0.2) is 0 Å². The minimum atomic E-state index is -0.173. The first-order valence-corrected chi connectivity index (χ1v) is 16.1. The molecule has 1 heteroatoms. The minimum Gasteiger partial charge on any atom is -0.0864 e. The standard InChI is InChI=1S/C37H51I/c1-34(2,3)28-14-20-31(21-15-28)37(26-12-10-11-13-27-38,32-22-16-29(17-23-32)35(4,5)6)33-24-18-30(19-25-33)36(7,8)9/h14-25H,10-13,26-27H2,1-9H3. The second kappa shape index (κ2) is 12.3. The van der Waals surface area contributed by atoms with Crippen LogP contribution in [0.4, 0.5) is 0 Å². The zero-order valence-corrected chi connectivity index (χ0v) is 27.7. The van der Waals surface area contributed by atoms with Gasteiger partial charge < -0.3 is 0 Å². The molecule has 0 unspecified atom stereocenters. The Hall–Kier alpha value is -1.61. The molecule has 0 aliphatic rings. The lowest BCUT2D eigenvalue weighted by molar-refractivity contribution is 0.505. The highest BCUT2D eigenvalue weighted by molar-refractivity contribution is 14.1. The summed E-state index contributed by atoms with van der Waals surface area (Å²) in [6.45, 7) is 20.7. The van der Waals surface area contributed by atoms with Crippen LogP contribution in [0.15, 0.2) is 72.8 Å². The Labute approximate surface area is 248 Å². The van der Waals surface area contributed by atoms with Crippen molar-refractivity contribution in [2.24, 2.45) is 0 Å². The molecule has 0 nitrogen and oxygen atoms in total. The Morgan fingerprint density at radius 3 is 0.921 bits per heavy atom. The van der Waals surface area contributed by atoms with Crippen molar-refractivity contribution in [3.8, 4) is 0 Å². The highest BCUT2D eigenvalue weighted by Crippen LogP contribution is 2.45. The van der Waals surface area contributed by atoms with Gasteiger partial charge in [-0.2, -0.15) is 0 Å². The van der Waals surface area contributed by atoms with Gasteiger partial charge in [0.2, 0.25) is 0 Å². The van der Waals surface area contributed by atoms with Crippen molar-refractivity contribution in [2.45, 2.75) is 116 Å². The maximum absolute atomic E-state index is 2.51. The van der Waals surface area contributed by atoms with Crippen molar-refractivity contribution in [3.63, 3.8) is 0 Å². The Morgan fingerprint density at radius 1 is 0.395 bits per heavy atom. The van der Waals surface area contributed by atoms with Crippen LogP contribution in [0.25, 0.3) is 0 Å². The zero-order valence-electron chi connectivity index (χ0n) is 25.5. The molecule has 0 heterocycles. The second-order valence-electron chi connectivity index (χ2n) is 14.2. The number of unbranched alkanes of at least 4 members (excludes halogenated alkanes) is 3. The van der Waals surface area contributed by atoms with Gasteiger partial charge in [0.05, 0.1) is 0 Å². The van der Waals surface area contributed by atoms with Crippen molar-refractivity contribution in [3.05, 3.63) is 106 Å². The first kappa shape index (κ1) is 30.9. The minimum absolute atomic E-state index is 0.142. The highest BCUT2D eigenvalue weighted by Gasteiger charge is 2.36. The molecule has 3 aromatic rings. The van der Waals surface area contributed by atoms with Crippen molar-refractivity contribution in [1.82, 2.24) is 0 Å². The lowest BCUT2D eigenvalue weighted by Gasteiger charge is -2.37. The molecule has 3 rings (SSSR count). The van der Waals surface area contributed by atoms with Crippen LogP contribution in [-0.4, -0.2) is 4.43 Å². The number of alkyl halides is 1. The van der Waals surface area contributed by atoms with Crippen LogP contribution in [0.2, 0.25) is 0 Å². The van der Waals surface area contributed by atoms with Gasteiger partial charge >= 0.3 is 0 Å². The van der Waals surface area contributed by atoms with E-state index in [0.717, 1.165) is 6.42 Å². The van der Waals surface area contributed by atoms with E-state index in [2.05, 4.69) is 158 Å². The molecule has 0 aliphatic heterocycles. The molecule has 206 valence electrons. The average Bonchev–Trinajstić information content (AvgIpc) is 2.85. The van der Waals surface area contributed by atoms with E-state index in [1.54, 1.807) is 0 Å². The topological polar surface area (TPSA) is 0 Å². The van der Waals surface area contributed by atoms with Crippen molar-refractivity contribution >= 4 is 22.6 Å². The van der Waals surface area contributed by atoms with E-state index >= 15 is 0 Å². The Kier molecular flexibility index (Phi) is 9.99. The Balaban J connectivity index is 2.23. The molecular formula is C37H51I. The molecule has 0 aliphatic carbocycles. The molecule has 0 N–H and O–H groups in total. The Bertz CT molecular complexity index is 989. The smallest absolute Gasteiger partial charge is 0.0451 e. The lowest BCUT2D eigenvalue weighted by atomic mass is 9.65. The van der Waals surface area contributed by atoms with E-state index in [9.17, 15) is 0 Å². The van der Waals surface area contributed by atoms with E-state index < -0.39 is 0 Å². The maximum atomic E-state index is 2.51. The molecular weight excluding hydrogens is 571 g/mol. The van der Waals surface area contributed by atoms with Gasteiger partial charge in [0.1, 0.15) is 0 Å². The van der Waals surface area contributed by atoms with Crippen molar-refractivity contribution < 1.29 is 0 Å². The molecule has 3 aromatic carbocycles. The predicted octanol–water partition coefficient (Wildman–Crippen LogP) is 11.3. The fourth-order valence-electron chi connectivity index (χ4n) is 5.54. The highest BCUT2D eigenvalue weighted by atomic mass is 127. The summed E-state index contributed by atoms with van der Waals surface area (Å²) in [6.07, 6.45) is 6.25. The molecule has 0 amide bonds.